The van der Waals surface area contributed by atoms with E-state index >= 15 is 0 Å². The highest BCUT2D eigenvalue weighted by Crippen LogP contribution is 2.55. The van der Waals surface area contributed by atoms with Gasteiger partial charge in [-0.25, -0.2) is 9.88 Å². The van der Waals surface area contributed by atoms with Gasteiger partial charge in [-0.3, -0.25) is 9.59 Å². The van der Waals surface area contributed by atoms with Crippen LogP contribution in [0.3, 0.4) is 0 Å². The first kappa shape index (κ1) is 24.0. The number of nitrogens with zero attached hydrogens (tertiary/aromatic N) is 3. The Kier molecular flexibility index (Phi) is 5.80. The number of pyridine rings is 1. The van der Waals surface area contributed by atoms with Gasteiger partial charge >= 0.3 is 0 Å². The molecule has 0 bridgehead atoms. The topological polar surface area (TPSA) is 104 Å². The molecule has 5 rings (SSSR count). The van der Waals surface area contributed by atoms with Crippen molar-refractivity contribution in [1.29, 1.82) is 5.26 Å². The molecule has 7 heteroatoms. The molecule has 2 heterocycles. The third-order valence-electron chi connectivity index (χ3n) is 7.84. The Hall–Kier alpha value is -3.76. The number of fused-ring (bicyclic) bond motifs is 2. The summed E-state index contributed by atoms with van der Waals surface area (Å²) in [5, 5.41) is 22.7. The number of anilines is 1. The fourth-order valence-electron chi connectivity index (χ4n) is 5.87. The van der Waals surface area contributed by atoms with Crippen molar-refractivity contribution in [2.24, 2.45) is 17.3 Å². The molecule has 3 atom stereocenters. The number of aromatic nitrogens is 1. The summed E-state index contributed by atoms with van der Waals surface area (Å²) in [6, 6.07) is 18.2. The average molecular weight is 484 g/mol. The molecule has 2 aliphatic rings. The Labute approximate surface area is 210 Å². The number of hydrogen-bond acceptors (Lipinski definition) is 6. The van der Waals surface area contributed by atoms with Crippen molar-refractivity contribution < 1.29 is 19.4 Å². The lowest BCUT2D eigenvalue weighted by Crippen LogP contribution is -2.53. The molecule has 0 spiro atoms. The van der Waals surface area contributed by atoms with Gasteiger partial charge in [0, 0.05) is 29.0 Å². The Morgan fingerprint density at radius 3 is 2.47 bits per heavy atom. The van der Waals surface area contributed by atoms with Crippen LogP contribution in [0.25, 0.3) is 10.8 Å². The van der Waals surface area contributed by atoms with Crippen molar-refractivity contribution in [3.63, 3.8) is 0 Å². The van der Waals surface area contributed by atoms with E-state index in [1.165, 1.54) is 4.90 Å². The third kappa shape index (κ3) is 3.82. The van der Waals surface area contributed by atoms with Crippen LogP contribution in [-0.2, 0) is 9.59 Å². The average Bonchev–Trinajstić information content (AvgIpc) is 3.13. The Morgan fingerprint density at radius 1 is 1.03 bits per heavy atom. The van der Waals surface area contributed by atoms with Crippen LogP contribution in [0.4, 0.5) is 5.69 Å². The van der Waals surface area contributed by atoms with Crippen molar-refractivity contribution >= 4 is 28.3 Å². The van der Waals surface area contributed by atoms with E-state index in [-0.39, 0.29) is 18.9 Å². The second-order valence-corrected chi connectivity index (χ2v) is 10.6. The van der Waals surface area contributed by atoms with E-state index in [0.717, 1.165) is 5.69 Å². The maximum absolute atomic E-state index is 14.0. The normalized spacial score (nSPS) is 25.0. The summed E-state index contributed by atoms with van der Waals surface area (Å²) >= 11 is 0. The molecule has 2 fully saturated rings. The second-order valence-electron chi connectivity index (χ2n) is 10.6. The number of hydrogen-bond donors (Lipinski definition) is 1. The number of carbonyl (C=O) groups excluding carboxylic acids is 2. The molecule has 1 aromatic heterocycles. The van der Waals surface area contributed by atoms with Crippen molar-refractivity contribution in [3.05, 3.63) is 65.9 Å². The summed E-state index contributed by atoms with van der Waals surface area (Å²) in [5.74, 6) is -1.77. The highest BCUT2D eigenvalue weighted by atomic mass is 16.5. The molecule has 7 nitrogen and oxygen atoms in total. The zero-order valence-electron chi connectivity index (χ0n) is 20.7. The highest BCUT2D eigenvalue weighted by Gasteiger charge is 2.64. The van der Waals surface area contributed by atoms with Crippen LogP contribution in [0.5, 0.6) is 5.88 Å². The fraction of sp³-hybridized carbons (Fsp3) is 0.379. The molecular formula is C29H29N3O4. The lowest BCUT2D eigenvalue weighted by Gasteiger charge is -2.46. The molecule has 1 aliphatic heterocycles. The predicted molar refractivity (Wildman–Crippen MR) is 135 cm³/mol. The monoisotopic (exact) mass is 483 g/mol. The van der Waals surface area contributed by atoms with E-state index in [4.69, 9.17) is 4.74 Å². The van der Waals surface area contributed by atoms with Crippen LogP contribution in [0.2, 0.25) is 0 Å². The molecule has 2 aromatic carbocycles. The van der Waals surface area contributed by atoms with Gasteiger partial charge in [0.05, 0.1) is 41.4 Å². The molecule has 0 unspecified atom stereocenters. The minimum atomic E-state index is -1.38. The van der Waals surface area contributed by atoms with Gasteiger partial charge in [0.15, 0.2) is 0 Å². The van der Waals surface area contributed by atoms with Gasteiger partial charge in [-0.05, 0) is 43.4 Å². The lowest BCUT2D eigenvalue weighted by atomic mass is 9.58. The molecule has 1 saturated heterocycles. The first-order chi connectivity index (χ1) is 17.2. The summed E-state index contributed by atoms with van der Waals surface area (Å²) in [4.78, 5) is 33.4. The zero-order chi connectivity index (χ0) is 25.7. The summed E-state index contributed by atoms with van der Waals surface area (Å²) < 4.78 is 5.80. The summed E-state index contributed by atoms with van der Waals surface area (Å²) in [6.45, 7) is 6.03. The lowest BCUT2D eigenvalue weighted by molar-refractivity contribution is -0.151. The number of carbonyl (C=O) groups is 2. The van der Waals surface area contributed by atoms with E-state index in [1.54, 1.807) is 18.2 Å². The number of amides is 2. The number of rotatable bonds is 5. The smallest absolute Gasteiger partial charge is 0.240 e. The minimum absolute atomic E-state index is 0.178. The molecule has 1 saturated carbocycles. The van der Waals surface area contributed by atoms with E-state index in [1.807, 2.05) is 57.2 Å². The van der Waals surface area contributed by atoms with Crippen molar-refractivity contribution in [2.75, 3.05) is 11.5 Å². The van der Waals surface area contributed by atoms with Gasteiger partial charge < -0.3 is 9.84 Å². The Balaban J connectivity index is 1.50. The zero-order valence-corrected chi connectivity index (χ0v) is 20.7. The van der Waals surface area contributed by atoms with Crippen molar-refractivity contribution in [2.45, 2.75) is 45.6 Å². The van der Waals surface area contributed by atoms with E-state index < -0.39 is 28.8 Å². The first-order valence-corrected chi connectivity index (χ1v) is 12.2. The number of imide groups is 1. The summed E-state index contributed by atoms with van der Waals surface area (Å²) in [6.07, 6.45) is 1.21. The number of aryl methyl sites for hydroxylation is 1. The number of ether oxygens (including phenoxy) is 1. The standard InChI is InChI=1S/C29H29N3O4/c1-18-7-6-10-23(31-18)36-16-15-29(35)14-13-28(2,3)24-25(29)27(34)32(26(24)33)22-12-11-19(17-30)20-8-4-5-9-21(20)22/h4-12,24-25,35H,13-16H2,1-3H3/t24-,25+,29-/m0/s1. The van der Waals surface area contributed by atoms with Crippen LogP contribution in [0.1, 0.15) is 44.4 Å². The van der Waals surface area contributed by atoms with Gasteiger partial charge in [0.25, 0.3) is 0 Å². The maximum atomic E-state index is 14.0. The fourth-order valence-corrected chi connectivity index (χ4v) is 5.87. The van der Waals surface area contributed by atoms with Crippen LogP contribution in [-0.4, -0.2) is 34.1 Å². The van der Waals surface area contributed by atoms with Crippen LogP contribution < -0.4 is 9.64 Å². The Bertz CT molecular complexity index is 1410. The van der Waals surface area contributed by atoms with Gasteiger partial charge in [-0.2, -0.15) is 5.26 Å². The third-order valence-corrected chi connectivity index (χ3v) is 7.84. The number of aliphatic hydroxyl groups is 1. The molecule has 3 aromatic rings. The predicted octanol–water partition coefficient (Wildman–Crippen LogP) is 4.54. The van der Waals surface area contributed by atoms with Gasteiger partial charge in [-0.1, -0.05) is 44.2 Å². The van der Waals surface area contributed by atoms with Gasteiger partial charge in [0.1, 0.15) is 0 Å². The SMILES string of the molecule is Cc1cccc(OCC[C@@]2(O)CCC(C)(C)[C@@H]3C(=O)N(c4ccc(C#N)c5ccccc45)C(=O)[C@@H]32)n1. The molecule has 0 radical (unpaired) electrons. The molecular weight excluding hydrogens is 454 g/mol. The molecule has 1 aliphatic carbocycles. The van der Waals surface area contributed by atoms with Gasteiger partial charge in [-0.15, -0.1) is 0 Å². The maximum Gasteiger partial charge on any atom is 0.240 e. The van der Waals surface area contributed by atoms with Crippen molar-refractivity contribution in [3.8, 4) is 11.9 Å². The Morgan fingerprint density at radius 2 is 1.75 bits per heavy atom. The van der Waals surface area contributed by atoms with Gasteiger partial charge in [0.2, 0.25) is 17.7 Å². The highest BCUT2D eigenvalue weighted by molar-refractivity contribution is 6.25. The quantitative estimate of drug-likeness (QED) is 0.535. The number of benzene rings is 2. The molecule has 36 heavy (non-hydrogen) atoms. The number of nitriles is 1. The summed E-state index contributed by atoms with van der Waals surface area (Å²) in [7, 11) is 0. The van der Waals surface area contributed by atoms with Crippen LogP contribution in [0.15, 0.2) is 54.6 Å². The van der Waals surface area contributed by atoms with Crippen LogP contribution in [0, 0.1) is 35.5 Å². The van der Waals surface area contributed by atoms with E-state index in [9.17, 15) is 20.0 Å². The molecule has 184 valence electrons. The largest absolute Gasteiger partial charge is 0.478 e. The summed E-state index contributed by atoms with van der Waals surface area (Å²) in [5.41, 5.74) is -0.0855. The minimum Gasteiger partial charge on any atom is -0.478 e. The second kappa shape index (κ2) is 8.72. The first-order valence-electron chi connectivity index (χ1n) is 12.2. The van der Waals surface area contributed by atoms with E-state index in [0.29, 0.717) is 40.7 Å². The van der Waals surface area contributed by atoms with Crippen molar-refractivity contribution in [1.82, 2.24) is 4.98 Å². The van der Waals surface area contributed by atoms with E-state index in [2.05, 4.69) is 11.1 Å². The molecule has 2 amide bonds. The van der Waals surface area contributed by atoms with Crippen LogP contribution >= 0.6 is 0 Å². The molecule has 1 N–H and O–H groups in total.